The van der Waals surface area contributed by atoms with Crippen LogP contribution in [-0.2, 0) is 11.2 Å². The van der Waals surface area contributed by atoms with Crippen LogP contribution in [0.5, 0.6) is 0 Å². The summed E-state index contributed by atoms with van der Waals surface area (Å²) in [5.41, 5.74) is 1.60. The molecule has 1 aliphatic heterocycles. The average Bonchev–Trinajstić information content (AvgIpc) is 3.51. The Kier molecular flexibility index (Phi) is 4.57. The van der Waals surface area contributed by atoms with Crippen molar-refractivity contribution >= 4 is 17.5 Å². The van der Waals surface area contributed by atoms with Gasteiger partial charge >= 0.3 is 0 Å². The Hall–Kier alpha value is -1.06. The number of carbonyl (C=O) groups excluding carboxylic acids is 1. The molecule has 2 saturated carbocycles. The third kappa shape index (κ3) is 3.62. The molecule has 0 aromatic heterocycles. The Morgan fingerprint density at radius 2 is 1.92 bits per heavy atom. The maximum Gasteiger partial charge on any atom is 0.226 e. The number of halogens is 1. The molecule has 1 N–H and O–H groups in total. The van der Waals surface area contributed by atoms with Crippen LogP contribution in [0.3, 0.4) is 0 Å². The molecule has 2 aliphatic carbocycles. The van der Waals surface area contributed by atoms with Crippen LogP contribution in [0.1, 0.15) is 37.7 Å². The minimum Gasteiger partial charge on any atom is -0.342 e. The van der Waals surface area contributed by atoms with Crippen molar-refractivity contribution < 1.29 is 4.79 Å². The van der Waals surface area contributed by atoms with Crippen LogP contribution in [0.25, 0.3) is 0 Å². The fourth-order valence-electron chi connectivity index (χ4n) is 4.21. The summed E-state index contributed by atoms with van der Waals surface area (Å²) in [7, 11) is 0. The van der Waals surface area contributed by atoms with Gasteiger partial charge < -0.3 is 10.2 Å². The lowest BCUT2D eigenvalue weighted by Crippen LogP contribution is -2.38. The first-order valence-corrected chi connectivity index (χ1v) is 9.78. The molecule has 1 amide bonds. The lowest BCUT2D eigenvalue weighted by Gasteiger charge is -2.27. The number of carbonyl (C=O) groups is 1. The second kappa shape index (κ2) is 6.68. The summed E-state index contributed by atoms with van der Waals surface area (Å²) < 4.78 is 0. The number of hydrogen-bond donors (Lipinski definition) is 1. The zero-order chi connectivity index (χ0) is 16.6. The Balaban J connectivity index is 1.38. The number of nitrogens with one attached hydrogen (secondary N) is 1. The van der Waals surface area contributed by atoms with Crippen LogP contribution in [0.4, 0.5) is 0 Å². The molecular weight excluding hydrogens is 320 g/mol. The zero-order valence-corrected chi connectivity index (χ0v) is 15.0. The van der Waals surface area contributed by atoms with Crippen molar-refractivity contribution in [2.75, 3.05) is 26.2 Å². The molecule has 24 heavy (non-hydrogen) atoms. The third-order valence-electron chi connectivity index (χ3n) is 6.16. The molecule has 0 bridgehead atoms. The number of rotatable bonds is 6. The number of piperidine rings is 1. The first kappa shape index (κ1) is 16.4. The topological polar surface area (TPSA) is 32.3 Å². The van der Waals surface area contributed by atoms with Gasteiger partial charge in [-0.3, -0.25) is 4.79 Å². The van der Waals surface area contributed by atoms with Crippen molar-refractivity contribution in [3.63, 3.8) is 0 Å². The highest BCUT2D eigenvalue weighted by Gasteiger charge is 2.58. The highest BCUT2D eigenvalue weighted by atomic mass is 35.5. The van der Waals surface area contributed by atoms with Crippen molar-refractivity contribution in [3.8, 4) is 0 Å². The van der Waals surface area contributed by atoms with Crippen LogP contribution < -0.4 is 5.32 Å². The van der Waals surface area contributed by atoms with E-state index in [9.17, 15) is 4.79 Å². The summed E-state index contributed by atoms with van der Waals surface area (Å²) in [6, 6.07) is 8.03. The van der Waals surface area contributed by atoms with E-state index in [0.717, 1.165) is 50.0 Å². The van der Waals surface area contributed by atoms with Crippen molar-refractivity contribution in [1.29, 1.82) is 0 Å². The molecule has 3 nitrogen and oxygen atoms in total. The second-order valence-electron chi connectivity index (χ2n) is 7.97. The van der Waals surface area contributed by atoms with Gasteiger partial charge in [0.15, 0.2) is 0 Å². The predicted octanol–water partition coefficient (Wildman–Crippen LogP) is 3.51. The fraction of sp³-hybridized carbons (Fsp3) is 0.650. The molecule has 3 fully saturated rings. The lowest BCUT2D eigenvalue weighted by molar-refractivity contribution is -0.133. The van der Waals surface area contributed by atoms with Gasteiger partial charge in [0, 0.05) is 24.0 Å². The van der Waals surface area contributed by atoms with Crippen molar-refractivity contribution in [2.24, 2.45) is 17.3 Å². The molecule has 1 aromatic rings. The molecule has 130 valence electrons. The summed E-state index contributed by atoms with van der Waals surface area (Å²) in [5, 5.41) is 4.20. The lowest BCUT2D eigenvalue weighted by atomic mass is 9.91. The zero-order valence-electron chi connectivity index (χ0n) is 14.3. The Labute approximate surface area is 149 Å². The molecule has 1 unspecified atom stereocenters. The molecule has 0 radical (unpaired) electrons. The van der Waals surface area contributed by atoms with E-state index in [4.69, 9.17) is 11.6 Å². The van der Waals surface area contributed by atoms with E-state index in [2.05, 4.69) is 22.3 Å². The largest absolute Gasteiger partial charge is 0.342 e. The van der Waals surface area contributed by atoms with Gasteiger partial charge in [0.2, 0.25) is 5.91 Å². The van der Waals surface area contributed by atoms with Gasteiger partial charge in [-0.05, 0) is 80.6 Å². The molecule has 3 aliphatic rings. The van der Waals surface area contributed by atoms with Gasteiger partial charge in [-0.2, -0.15) is 0 Å². The minimum atomic E-state index is 0.295. The molecule has 4 heteroatoms. The van der Waals surface area contributed by atoms with E-state index in [1.165, 1.54) is 31.2 Å². The summed E-state index contributed by atoms with van der Waals surface area (Å²) in [5.74, 6) is 1.48. The van der Waals surface area contributed by atoms with E-state index in [-0.39, 0.29) is 0 Å². The SMILES string of the molecule is O=C(C1CC12CCNCC2)N(CCc1ccc(Cl)cc1)CC1CC1. The Morgan fingerprint density at radius 3 is 2.58 bits per heavy atom. The summed E-state index contributed by atoms with van der Waals surface area (Å²) in [4.78, 5) is 15.3. The summed E-state index contributed by atoms with van der Waals surface area (Å²) in [6.07, 6.45) is 7.00. The summed E-state index contributed by atoms with van der Waals surface area (Å²) >= 11 is 5.96. The van der Waals surface area contributed by atoms with Gasteiger partial charge in [0.05, 0.1) is 0 Å². The first-order valence-electron chi connectivity index (χ1n) is 9.40. The molecule has 1 aromatic carbocycles. The molecule has 1 spiro atoms. The number of benzene rings is 1. The highest BCUT2D eigenvalue weighted by Crippen LogP contribution is 2.59. The van der Waals surface area contributed by atoms with Crippen molar-refractivity contribution in [3.05, 3.63) is 34.9 Å². The van der Waals surface area contributed by atoms with Crippen LogP contribution in [0, 0.1) is 17.3 Å². The normalized spacial score (nSPS) is 24.8. The number of nitrogens with zero attached hydrogens (tertiary/aromatic N) is 1. The quantitative estimate of drug-likeness (QED) is 0.854. The Morgan fingerprint density at radius 1 is 1.21 bits per heavy atom. The predicted molar refractivity (Wildman–Crippen MR) is 97.1 cm³/mol. The van der Waals surface area contributed by atoms with Crippen LogP contribution in [0.15, 0.2) is 24.3 Å². The van der Waals surface area contributed by atoms with Crippen molar-refractivity contribution in [2.45, 2.75) is 38.5 Å². The molecule has 1 heterocycles. The number of hydrogen-bond acceptors (Lipinski definition) is 2. The van der Waals surface area contributed by atoms with Gasteiger partial charge in [-0.15, -0.1) is 0 Å². The average molecular weight is 347 g/mol. The maximum absolute atomic E-state index is 13.1. The van der Waals surface area contributed by atoms with Gasteiger partial charge in [0.25, 0.3) is 0 Å². The van der Waals surface area contributed by atoms with Crippen LogP contribution in [0.2, 0.25) is 5.02 Å². The Bertz CT molecular complexity index is 590. The number of amides is 1. The summed E-state index contributed by atoms with van der Waals surface area (Å²) in [6.45, 7) is 3.98. The molecular formula is C20H27ClN2O. The van der Waals surface area contributed by atoms with Gasteiger partial charge in [0.1, 0.15) is 0 Å². The van der Waals surface area contributed by atoms with E-state index in [0.29, 0.717) is 17.2 Å². The first-order chi connectivity index (χ1) is 11.7. The maximum atomic E-state index is 13.1. The second-order valence-corrected chi connectivity index (χ2v) is 8.41. The van der Waals surface area contributed by atoms with Crippen molar-refractivity contribution in [1.82, 2.24) is 10.2 Å². The molecule has 4 rings (SSSR count). The van der Waals surface area contributed by atoms with Gasteiger partial charge in [-0.1, -0.05) is 23.7 Å². The molecule has 1 atom stereocenters. The standard InChI is InChI=1S/C20H27ClN2O/c21-17-5-3-15(4-6-17)7-12-23(14-16-1-2-16)19(24)18-13-20(18)8-10-22-11-9-20/h3-6,16,18,22H,1-2,7-14H2. The third-order valence-corrected chi connectivity index (χ3v) is 6.41. The van der Waals surface area contributed by atoms with Crippen LogP contribution in [-0.4, -0.2) is 37.0 Å². The minimum absolute atomic E-state index is 0.295. The van der Waals surface area contributed by atoms with E-state index >= 15 is 0 Å². The van der Waals surface area contributed by atoms with E-state index in [1.54, 1.807) is 0 Å². The smallest absolute Gasteiger partial charge is 0.226 e. The fourth-order valence-corrected chi connectivity index (χ4v) is 4.34. The van der Waals surface area contributed by atoms with E-state index < -0.39 is 0 Å². The highest BCUT2D eigenvalue weighted by molar-refractivity contribution is 6.30. The molecule has 1 saturated heterocycles. The van der Waals surface area contributed by atoms with E-state index in [1.807, 2.05) is 12.1 Å². The van der Waals surface area contributed by atoms with Crippen LogP contribution >= 0.6 is 11.6 Å². The van der Waals surface area contributed by atoms with Gasteiger partial charge in [-0.25, -0.2) is 0 Å². The monoisotopic (exact) mass is 346 g/mol.